The number of nitrogens with two attached hydrogens (primary N) is 1. The lowest BCUT2D eigenvalue weighted by Crippen LogP contribution is -1.90. The predicted molar refractivity (Wildman–Crippen MR) is 72.1 cm³/mol. The Hall–Kier alpha value is -2.69. The van der Waals surface area contributed by atoms with Gasteiger partial charge < -0.3 is 10.3 Å². The number of anilines is 1. The van der Waals surface area contributed by atoms with E-state index in [2.05, 4.69) is 15.1 Å². The summed E-state index contributed by atoms with van der Waals surface area (Å²) in [4.78, 5) is 8.10. The number of nitrogen functional groups attached to an aromatic ring is 1. The molecular weight excluding hydrogens is 240 g/mol. The third-order valence-electron chi connectivity index (χ3n) is 2.85. The molecule has 94 valence electrons. The third-order valence-corrected chi connectivity index (χ3v) is 2.85. The lowest BCUT2D eigenvalue weighted by Gasteiger charge is -2.02. The van der Waals surface area contributed by atoms with Crippen LogP contribution in [0.1, 0.15) is 5.56 Å². The van der Waals surface area contributed by atoms with E-state index in [9.17, 15) is 0 Å². The largest absolute Gasteiger partial charge is 0.367 e. The average molecular weight is 252 g/mol. The molecule has 0 fully saturated rings. The minimum atomic E-state index is 0.259. The topological polar surface area (TPSA) is 77.8 Å². The molecule has 5 heteroatoms. The molecule has 19 heavy (non-hydrogen) atoms. The molecule has 2 N–H and O–H groups in total. The highest BCUT2D eigenvalue weighted by atomic mass is 16.5. The number of aromatic nitrogens is 3. The standard InChI is InChI=1S/C14H12N4O/c1-9-3-2-4-10(7-9)13-12(14(15)19-18-13)11-5-6-16-8-17-11/h2-8H,15H2,1H3. The van der Waals surface area contributed by atoms with Crippen LogP contribution in [0.2, 0.25) is 0 Å². The molecule has 0 bridgehead atoms. The van der Waals surface area contributed by atoms with Gasteiger partial charge in [0, 0.05) is 11.8 Å². The molecule has 0 aliphatic carbocycles. The molecule has 3 aromatic rings. The lowest BCUT2D eigenvalue weighted by atomic mass is 10.0. The molecular formula is C14H12N4O. The Morgan fingerprint density at radius 1 is 1.21 bits per heavy atom. The smallest absolute Gasteiger partial charge is 0.232 e. The summed E-state index contributed by atoms with van der Waals surface area (Å²) >= 11 is 0. The zero-order chi connectivity index (χ0) is 13.2. The normalized spacial score (nSPS) is 10.6. The Kier molecular flexibility index (Phi) is 2.72. The maximum absolute atomic E-state index is 5.86. The molecule has 3 rings (SSSR count). The molecule has 0 atom stereocenters. The van der Waals surface area contributed by atoms with Gasteiger partial charge in [0.2, 0.25) is 5.88 Å². The predicted octanol–water partition coefficient (Wildman–Crippen LogP) is 2.69. The first kappa shape index (κ1) is 11.4. The van der Waals surface area contributed by atoms with E-state index >= 15 is 0 Å². The van der Waals surface area contributed by atoms with E-state index in [4.69, 9.17) is 10.3 Å². The minimum absolute atomic E-state index is 0.259. The Bertz CT molecular complexity index is 706. The van der Waals surface area contributed by atoms with Gasteiger partial charge in [-0.1, -0.05) is 28.9 Å². The Morgan fingerprint density at radius 2 is 2.11 bits per heavy atom. The molecule has 5 nitrogen and oxygen atoms in total. The SMILES string of the molecule is Cc1cccc(-c2noc(N)c2-c2ccncn2)c1. The third kappa shape index (κ3) is 2.06. The molecule has 0 radical (unpaired) electrons. The molecule has 0 unspecified atom stereocenters. The first-order valence-electron chi connectivity index (χ1n) is 5.84. The van der Waals surface area contributed by atoms with Crippen LogP contribution in [-0.4, -0.2) is 15.1 Å². The highest BCUT2D eigenvalue weighted by molar-refractivity contribution is 5.85. The zero-order valence-corrected chi connectivity index (χ0v) is 10.4. The molecule has 0 aliphatic rings. The highest BCUT2D eigenvalue weighted by Gasteiger charge is 2.18. The van der Waals surface area contributed by atoms with Gasteiger partial charge in [-0.25, -0.2) is 9.97 Å². The molecule has 0 amide bonds. The summed E-state index contributed by atoms with van der Waals surface area (Å²) in [6, 6.07) is 9.77. The summed E-state index contributed by atoms with van der Waals surface area (Å²) in [6.07, 6.45) is 3.14. The van der Waals surface area contributed by atoms with Crippen molar-refractivity contribution in [2.75, 3.05) is 5.73 Å². The number of aryl methyl sites for hydroxylation is 1. The lowest BCUT2D eigenvalue weighted by molar-refractivity contribution is 0.439. The molecule has 2 aromatic heterocycles. The van der Waals surface area contributed by atoms with Crippen molar-refractivity contribution in [2.24, 2.45) is 0 Å². The molecule has 0 spiro atoms. The van der Waals surface area contributed by atoms with Crippen LogP contribution in [0.3, 0.4) is 0 Å². The van der Waals surface area contributed by atoms with Gasteiger partial charge in [-0.3, -0.25) is 0 Å². The summed E-state index contributed by atoms with van der Waals surface area (Å²) in [7, 11) is 0. The van der Waals surface area contributed by atoms with Gasteiger partial charge in [0.1, 0.15) is 12.0 Å². The minimum Gasteiger partial charge on any atom is -0.367 e. The van der Waals surface area contributed by atoms with Gasteiger partial charge in [-0.15, -0.1) is 0 Å². The van der Waals surface area contributed by atoms with Crippen molar-refractivity contribution in [1.29, 1.82) is 0 Å². The Labute approximate surface area is 110 Å². The summed E-state index contributed by atoms with van der Waals surface area (Å²) in [5.74, 6) is 0.259. The molecule has 0 saturated carbocycles. The van der Waals surface area contributed by atoms with E-state index in [1.807, 2.05) is 31.2 Å². The molecule has 2 heterocycles. The van der Waals surface area contributed by atoms with Crippen molar-refractivity contribution in [3.63, 3.8) is 0 Å². The fourth-order valence-electron chi connectivity index (χ4n) is 1.98. The molecule has 0 aliphatic heterocycles. The van der Waals surface area contributed by atoms with E-state index in [-0.39, 0.29) is 5.88 Å². The van der Waals surface area contributed by atoms with Crippen LogP contribution in [0.25, 0.3) is 22.5 Å². The van der Waals surface area contributed by atoms with E-state index in [1.54, 1.807) is 12.3 Å². The average Bonchev–Trinajstić information content (AvgIpc) is 2.82. The van der Waals surface area contributed by atoms with E-state index < -0.39 is 0 Å². The van der Waals surface area contributed by atoms with Crippen LogP contribution in [0, 0.1) is 6.92 Å². The summed E-state index contributed by atoms with van der Waals surface area (Å²) in [5, 5.41) is 4.04. The number of hydrogen-bond donors (Lipinski definition) is 1. The van der Waals surface area contributed by atoms with Crippen molar-refractivity contribution in [3.05, 3.63) is 48.4 Å². The van der Waals surface area contributed by atoms with Crippen LogP contribution < -0.4 is 5.73 Å². The quantitative estimate of drug-likeness (QED) is 0.758. The fourth-order valence-corrected chi connectivity index (χ4v) is 1.98. The van der Waals surface area contributed by atoms with E-state index in [0.717, 1.165) is 11.1 Å². The van der Waals surface area contributed by atoms with Crippen LogP contribution in [0.4, 0.5) is 5.88 Å². The Morgan fingerprint density at radius 3 is 2.84 bits per heavy atom. The molecule has 1 aromatic carbocycles. The second-order valence-electron chi connectivity index (χ2n) is 4.23. The maximum Gasteiger partial charge on any atom is 0.232 e. The van der Waals surface area contributed by atoms with Gasteiger partial charge in [-0.05, 0) is 19.1 Å². The van der Waals surface area contributed by atoms with Crippen molar-refractivity contribution in [2.45, 2.75) is 6.92 Å². The van der Waals surface area contributed by atoms with E-state index in [0.29, 0.717) is 17.0 Å². The summed E-state index contributed by atoms with van der Waals surface area (Å²) in [6.45, 7) is 2.03. The van der Waals surface area contributed by atoms with Crippen LogP contribution in [0.15, 0.2) is 47.4 Å². The fraction of sp³-hybridized carbons (Fsp3) is 0.0714. The zero-order valence-electron chi connectivity index (χ0n) is 10.4. The number of hydrogen-bond acceptors (Lipinski definition) is 5. The second kappa shape index (κ2) is 4.53. The van der Waals surface area contributed by atoms with Crippen molar-refractivity contribution in [3.8, 4) is 22.5 Å². The van der Waals surface area contributed by atoms with Gasteiger partial charge in [0.05, 0.1) is 11.3 Å². The van der Waals surface area contributed by atoms with Crippen LogP contribution >= 0.6 is 0 Å². The second-order valence-corrected chi connectivity index (χ2v) is 4.23. The van der Waals surface area contributed by atoms with Gasteiger partial charge >= 0.3 is 0 Å². The number of benzene rings is 1. The summed E-state index contributed by atoms with van der Waals surface area (Å²) < 4.78 is 5.11. The van der Waals surface area contributed by atoms with Gasteiger partial charge in [0.15, 0.2) is 0 Å². The number of nitrogens with zero attached hydrogens (tertiary/aromatic N) is 3. The Balaban J connectivity index is 2.19. The first-order valence-corrected chi connectivity index (χ1v) is 5.84. The van der Waals surface area contributed by atoms with Crippen molar-refractivity contribution < 1.29 is 4.52 Å². The van der Waals surface area contributed by atoms with Crippen LogP contribution in [-0.2, 0) is 0 Å². The highest BCUT2D eigenvalue weighted by Crippen LogP contribution is 2.34. The molecule has 0 saturated heterocycles. The monoisotopic (exact) mass is 252 g/mol. The van der Waals surface area contributed by atoms with E-state index in [1.165, 1.54) is 6.33 Å². The number of rotatable bonds is 2. The van der Waals surface area contributed by atoms with Crippen molar-refractivity contribution in [1.82, 2.24) is 15.1 Å². The van der Waals surface area contributed by atoms with Crippen molar-refractivity contribution >= 4 is 5.88 Å². The van der Waals surface area contributed by atoms with Gasteiger partial charge in [0.25, 0.3) is 0 Å². The first-order chi connectivity index (χ1) is 9.25. The maximum atomic E-state index is 5.86. The van der Waals surface area contributed by atoms with Crippen LogP contribution in [0.5, 0.6) is 0 Å². The summed E-state index contributed by atoms with van der Waals surface area (Å²) in [5.41, 5.74) is 10.1. The van der Waals surface area contributed by atoms with Gasteiger partial charge in [-0.2, -0.15) is 0 Å².